The molecule has 2 N–H and O–H groups in total. The third-order valence-corrected chi connectivity index (χ3v) is 3.64. The lowest BCUT2D eigenvalue weighted by Gasteiger charge is -2.07. The second-order valence-electron chi connectivity index (χ2n) is 4.98. The molecule has 0 saturated carbocycles. The predicted molar refractivity (Wildman–Crippen MR) is 83.6 cm³/mol. The van der Waals surface area contributed by atoms with Gasteiger partial charge in [-0.2, -0.15) is 0 Å². The van der Waals surface area contributed by atoms with Crippen LogP contribution in [0.25, 0.3) is 0 Å². The van der Waals surface area contributed by atoms with Gasteiger partial charge in [0.1, 0.15) is 0 Å². The molecule has 1 aliphatic rings. The number of rotatable bonds is 0. The van der Waals surface area contributed by atoms with Crippen molar-refractivity contribution in [2.45, 2.75) is 40.0 Å². The second-order valence-corrected chi connectivity index (χ2v) is 4.98. The van der Waals surface area contributed by atoms with E-state index in [4.69, 9.17) is 5.73 Å². The summed E-state index contributed by atoms with van der Waals surface area (Å²) in [7, 11) is 0. The van der Waals surface area contributed by atoms with Gasteiger partial charge in [-0.3, -0.25) is 0 Å². The average molecular weight is 253 g/mol. The van der Waals surface area contributed by atoms with Crippen LogP contribution in [0.1, 0.15) is 41.7 Å². The Bertz CT molecular complexity index is 570. The lowest BCUT2D eigenvalue weighted by molar-refractivity contribution is 0.965. The first-order valence-corrected chi connectivity index (χ1v) is 7.18. The number of aryl methyl sites for hydroxylation is 3. The van der Waals surface area contributed by atoms with Crippen LogP contribution in [-0.2, 0) is 19.3 Å². The minimum Gasteiger partial charge on any atom is -0.399 e. The van der Waals surface area contributed by atoms with E-state index < -0.39 is 0 Å². The molecule has 0 saturated heterocycles. The molecule has 2 aromatic rings. The fraction of sp³-hybridized carbons (Fsp3) is 0.333. The van der Waals surface area contributed by atoms with E-state index >= 15 is 0 Å². The molecule has 0 atom stereocenters. The van der Waals surface area contributed by atoms with Crippen LogP contribution in [0.5, 0.6) is 0 Å². The summed E-state index contributed by atoms with van der Waals surface area (Å²) < 4.78 is 0. The molecule has 19 heavy (non-hydrogen) atoms. The van der Waals surface area contributed by atoms with Crippen molar-refractivity contribution in [2.24, 2.45) is 0 Å². The van der Waals surface area contributed by atoms with Gasteiger partial charge in [0.2, 0.25) is 0 Å². The van der Waals surface area contributed by atoms with Crippen molar-refractivity contribution in [3.05, 3.63) is 64.2 Å². The number of hydrogen-bond acceptors (Lipinski definition) is 1. The van der Waals surface area contributed by atoms with Crippen LogP contribution in [0.15, 0.2) is 36.4 Å². The van der Waals surface area contributed by atoms with E-state index in [-0.39, 0.29) is 0 Å². The van der Waals surface area contributed by atoms with Crippen molar-refractivity contribution in [3.63, 3.8) is 0 Å². The molecule has 100 valence electrons. The van der Waals surface area contributed by atoms with Gasteiger partial charge in [0.05, 0.1) is 0 Å². The molecule has 0 bridgehead atoms. The zero-order valence-corrected chi connectivity index (χ0v) is 12.2. The molecule has 0 aromatic heterocycles. The van der Waals surface area contributed by atoms with Gasteiger partial charge >= 0.3 is 0 Å². The van der Waals surface area contributed by atoms with Crippen LogP contribution >= 0.6 is 0 Å². The molecule has 1 heteroatoms. The molecule has 3 rings (SSSR count). The van der Waals surface area contributed by atoms with Crippen molar-refractivity contribution >= 4 is 5.69 Å². The number of benzene rings is 2. The first kappa shape index (κ1) is 13.7. The Labute approximate surface area is 116 Å². The Hall–Kier alpha value is -1.76. The maximum atomic E-state index is 5.86. The standard InChI is InChI=1S/C16H17N.C2H6/c1-11-2-3-12-4-5-14-10-16(17)7-6-13(14)9-15(12)8-11;1-2/h2-3,6-8,10H,4-5,9,17H2,1H3;1-2H3. The summed E-state index contributed by atoms with van der Waals surface area (Å²) in [6, 6.07) is 13.1. The van der Waals surface area contributed by atoms with Gasteiger partial charge in [-0.1, -0.05) is 43.7 Å². The quantitative estimate of drug-likeness (QED) is 0.696. The van der Waals surface area contributed by atoms with E-state index in [0.717, 1.165) is 24.9 Å². The number of anilines is 1. The summed E-state index contributed by atoms with van der Waals surface area (Å²) in [5.74, 6) is 0. The SMILES string of the molecule is CC.Cc1ccc2c(c1)Cc1ccc(N)cc1CC2. The van der Waals surface area contributed by atoms with Crippen LogP contribution < -0.4 is 5.73 Å². The Kier molecular flexibility index (Phi) is 4.26. The smallest absolute Gasteiger partial charge is 0.0316 e. The minimum atomic E-state index is 0.880. The van der Waals surface area contributed by atoms with E-state index in [2.05, 4.69) is 37.3 Å². The first-order valence-electron chi connectivity index (χ1n) is 7.18. The van der Waals surface area contributed by atoms with E-state index in [9.17, 15) is 0 Å². The van der Waals surface area contributed by atoms with Gasteiger partial charge < -0.3 is 5.73 Å². The highest BCUT2D eigenvalue weighted by molar-refractivity contribution is 5.49. The van der Waals surface area contributed by atoms with Gasteiger partial charge in [0, 0.05) is 5.69 Å². The van der Waals surface area contributed by atoms with Gasteiger partial charge in [0.15, 0.2) is 0 Å². The van der Waals surface area contributed by atoms with Crippen molar-refractivity contribution < 1.29 is 0 Å². The zero-order valence-electron chi connectivity index (χ0n) is 12.2. The third-order valence-electron chi connectivity index (χ3n) is 3.64. The molecule has 0 heterocycles. The Morgan fingerprint density at radius 1 is 0.789 bits per heavy atom. The first-order chi connectivity index (χ1) is 9.22. The van der Waals surface area contributed by atoms with Gasteiger partial charge in [-0.15, -0.1) is 0 Å². The van der Waals surface area contributed by atoms with E-state index in [1.807, 2.05) is 19.9 Å². The Morgan fingerprint density at radius 3 is 2.26 bits per heavy atom. The molecular weight excluding hydrogens is 230 g/mol. The number of nitrogen functional groups attached to an aromatic ring is 1. The maximum Gasteiger partial charge on any atom is 0.0316 e. The highest BCUT2D eigenvalue weighted by atomic mass is 14.5. The summed E-state index contributed by atoms with van der Waals surface area (Å²) >= 11 is 0. The van der Waals surface area contributed by atoms with Crippen LogP contribution in [-0.4, -0.2) is 0 Å². The molecule has 1 aliphatic carbocycles. The number of nitrogens with two attached hydrogens (primary N) is 1. The largest absolute Gasteiger partial charge is 0.399 e. The molecule has 0 amide bonds. The highest BCUT2D eigenvalue weighted by Gasteiger charge is 2.13. The van der Waals surface area contributed by atoms with Crippen molar-refractivity contribution in [2.75, 3.05) is 5.73 Å². The molecule has 0 radical (unpaired) electrons. The molecular formula is C18H23N. The minimum absolute atomic E-state index is 0.880. The summed E-state index contributed by atoms with van der Waals surface area (Å²) in [6.07, 6.45) is 3.29. The van der Waals surface area contributed by atoms with Gasteiger partial charge in [0.25, 0.3) is 0 Å². The molecule has 0 fully saturated rings. The van der Waals surface area contributed by atoms with Crippen molar-refractivity contribution in [3.8, 4) is 0 Å². The van der Waals surface area contributed by atoms with E-state index in [1.54, 1.807) is 0 Å². The van der Waals surface area contributed by atoms with Crippen LogP contribution in [0.3, 0.4) is 0 Å². The monoisotopic (exact) mass is 253 g/mol. The molecule has 0 spiro atoms. The van der Waals surface area contributed by atoms with Crippen LogP contribution in [0, 0.1) is 6.92 Å². The third kappa shape index (κ3) is 2.98. The molecule has 1 nitrogen and oxygen atoms in total. The van der Waals surface area contributed by atoms with Crippen molar-refractivity contribution in [1.29, 1.82) is 0 Å². The lowest BCUT2D eigenvalue weighted by atomic mass is 9.98. The van der Waals surface area contributed by atoms with Gasteiger partial charge in [-0.25, -0.2) is 0 Å². The summed E-state index contributed by atoms with van der Waals surface area (Å²) in [5.41, 5.74) is 13.9. The lowest BCUT2D eigenvalue weighted by Crippen LogP contribution is -1.95. The Morgan fingerprint density at radius 2 is 1.47 bits per heavy atom. The number of hydrogen-bond donors (Lipinski definition) is 1. The summed E-state index contributed by atoms with van der Waals surface area (Å²) in [4.78, 5) is 0. The van der Waals surface area contributed by atoms with Crippen LogP contribution in [0.2, 0.25) is 0 Å². The average Bonchev–Trinajstić information content (AvgIpc) is 2.59. The van der Waals surface area contributed by atoms with E-state index in [1.165, 1.54) is 27.8 Å². The zero-order chi connectivity index (χ0) is 13.8. The van der Waals surface area contributed by atoms with E-state index in [0.29, 0.717) is 0 Å². The molecule has 0 unspecified atom stereocenters. The second kappa shape index (κ2) is 5.92. The normalized spacial score (nSPS) is 12.6. The van der Waals surface area contributed by atoms with Crippen molar-refractivity contribution in [1.82, 2.24) is 0 Å². The summed E-state index contributed by atoms with van der Waals surface area (Å²) in [6.45, 7) is 6.16. The molecule has 0 aliphatic heterocycles. The number of fused-ring (bicyclic) bond motifs is 2. The predicted octanol–water partition coefficient (Wildman–Crippen LogP) is 4.29. The van der Waals surface area contributed by atoms with Gasteiger partial charge in [-0.05, 0) is 60.6 Å². The maximum absolute atomic E-state index is 5.86. The molecule has 2 aromatic carbocycles. The highest BCUT2D eigenvalue weighted by Crippen LogP contribution is 2.26. The topological polar surface area (TPSA) is 26.0 Å². The summed E-state index contributed by atoms with van der Waals surface area (Å²) in [5, 5.41) is 0. The fourth-order valence-electron chi connectivity index (χ4n) is 2.69. The fourth-order valence-corrected chi connectivity index (χ4v) is 2.69. The Balaban J connectivity index is 0.000000637. The van der Waals surface area contributed by atoms with Crippen LogP contribution in [0.4, 0.5) is 5.69 Å².